The Balaban J connectivity index is 1.61. The van der Waals surface area contributed by atoms with E-state index < -0.39 is 0 Å². The number of hydrogen-bond donors (Lipinski definition) is 1. The molecule has 0 bridgehead atoms. The molecular weight excluding hydrogens is 246 g/mol. The van der Waals surface area contributed by atoms with Crippen LogP contribution in [0.4, 0.5) is 0 Å². The predicted molar refractivity (Wildman–Crippen MR) is 81.7 cm³/mol. The molecule has 3 nitrogen and oxygen atoms in total. The third-order valence-electron chi connectivity index (χ3n) is 4.04. The molecular formula is C17H23N3. The third kappa shape index (κ3) is 2.78. The Hall–Kier alpha value is -1.61. The van der Waals surface area contributed by atoms with Crippen LogP contribution in [0.25, 0.3) is 0 Å². The van der Waals surface area contributed by atoms with Gasteiger partial charge in [-0.15, -0.1) is 0 Å². The Bertz CT molecular complexity index is 571. The molecule has 0 fully saturated rings. The largest absolute Gasteiger partial charge is 0.333 e. The summed E-state index contributed by atoms with van der Waals surface area (Å²) in [7, 11) is 0. The van der Waals surface area contributed by atoms with Gasteiger partial charge in [0.25, 0.3) is 0 Å². The standard InChI is InChI=1S/C17H23N3/c1-13(2)8-18-9-16-10-19-12-20(16)11-15-7-14-5-3-4-6-17(14)15/h3-6,10,12-13,15,18H,7-9,11H2,1-2H3. The number of fused-ring (bicyclic) bond motifs is 1. The fourth-order valence-corrected chi connectivity index (χ4v) is 2.91. The van der Waals surface area contributed by atoms with Crippen LogP contribution in [0, 0.1) is 5.92 Å². The van der Waals surface area contributed by atoms with Gasteiger partial charge >= 0.3 is 0 Å². The first-order chi connectivity index (χ1) is 9.74. The van der Waals surface area contributed by atoms with E-state index in [4.69, 9.17) is 0 Å². The molecule has 0 radical (unpaired) electrons. The summed E-state index contributed by atoms with van der Waals surface area (Å²) in [6.45, 7) is 7.48. The lowest BCUT2D eigenvalue weighted by atomic mass is 9.77. The molecule has 0 amide bonds. The first kappa shape index (κ1) is 13.4. The van der Waals surface area contributed by atoms with Crippen molar-refractivity contribution in [2.45, 2.75) is 39.3 Å². The minimum absolute atomic E-state index is 0.657. The first-order valence-electron chi connectivity index (χ1n) is 7.51. The van der Waals surface area contributed by atoms with Gasteiger partial charge in [-0.05, 0) is 30.0 Å². The lowest BCUT2D eigenvalue weighted by Crippen LogP contribution is -2.25. The summed E-state index contributed by atoms with van der Waals surface area (Å²) < 4.78 is 2.30. The van der Waals surface area contributed by atoms with Crippen molar-refractivity contribution in [3.63, 3.8) is 0 Å². The highest BCUT2D eigenvalue weighted by atomic mass is 15.1. The van der Waals surface area contributed by atoms with Gasteiger partial charge in [0.15, 0.2) is 0 Å². The highest BCUT2D eigenvalue weighted by Gasteiger charge is 2.25. The van der Waals surface area contributed by atoms with Crippen molar-refractivity contribution in [1.82, 2.24) is 14.9 Å². The maximum Gasteiger partial charge on any atom is 0.0948 e. The summed E-state index contributed by atoms with van der Waals surface area (Å²) in [5.74, 6) is 1.34. The summed E-state index contributed by atoms with van der Waals surface area (Å²) in [4.78, 5) is 4.31. The Morgan fingerprint density at radius 2 is 2.20 bits per heavy atom. The van der Waals surface area contributed by atoms with Crippen molar-refractivity contribution in [2.75, 3.05) is 6.54 Å². The second-order valence-corrected chi connectivity index (χ2v) is 6.16. The van der Waals surface area contributed by atoms with E-state index in [0.717, 1.165) is 19.6 Å². The van der Waals surface area contributed by atoms with E-state index in [0.29, 0.717) is 11.8 Å². The smallest absolute Gasteiger partial charge is 0.0948 e. The number of nitrogens with one attached hydrogen (secondary N) is 1. The van der Waals surface area contributed by atoms with E-state index in [2.05, 4.69) is 53.0 Å². The zero-order valence-electron chi connectivity index (χ0n) is 12.3. The molecule has 20 heavy (non-hydrogen) atoms. The highest BCUT2D eigenvalue weighted by Crippen LogP contribution is 2.36. The molecule has 3 rings (SSSR count). The van der Waals surface area contributed by atoms with E-state index in [9.17, 15) is 0 Å². The van der Waals surface area contributed by atoms with Crippen molar-refractivity contribution in [3.05, 3.63) is 53.6 Å². The quantitative estimate of drug-likeness (QED) is 0.873. The summed E-state index contributed by atoms with van der Waals surface area (Å²) in [6, 6.07) is 8.78. The van der Waals surface area contributed by atoms with Gasteiger partial charge in [-0.2, -0.15) is 0 Å². The monoisotopic (exact) mass is 269 g/mol. The van der Waals surface area contributed by atoms with Crippen LogP contribution in [-0.4, -0.2) is 16.1 Å². The number of rotatable bonds is 6. The molecule has 1 aromatic carbocycles. The number of aromatic nitrogens is 2. The number of imidazole rings is 1. The molecule has 106 valence electrons. The zero-order valence-corrected chi connectivity index (χ0v) is 12.3. The van der Waals surface area contributed by atoms with Gasteiger partial charge in [0.1, 0.15) is 0 Å². The average Bonchev–Trinajstić information content (AvgIpc) is 2.83. The molecule has 0 saturated carbocycles. The fourth-order valence-electron chi connectivity index (χ4n) is 2.91. The minimum Gasteiger partial charge on any atom is -0.333 e. The Labute approximate surface area is 121 Å². The van der Waals surface area contributed by atoms with E-state index in [1.165, 1.54) is 23.2 Å². The number of hydrogen-bond acceptors (Lipinski definition) is 2. The molecule has 1 atom stereocenters. The van der Waals surface area contributed by atoms with Crippen LogP contribution in [0.5, 0.6) is 0 Å². The van der Waals surface area contributed by atoms with Gasteiger partial charge in [-0.1, -0.05) is 38.1 Å². The van der Waals surface area contributed by atoms with Crippen LogP contribution in [0.1, 0.15) is 36.6 Å². The molecule has 1 aromatic heterocycles. The van der Waals surface area contributed by atoms with Crippen molar-refractivity contribution in [3.8, 4) is 0 Å². The lowest BCUT2D eigenvalue weighted by molar-refractivity contribution is 0.482. The summed E-state index contributed by atoms with van der Waals surface area (Å²) >= 11 is 0. The highest BCUT2D eigenvalue weighted by molar-refractivity contribution is 5.39. The minimum atomic E-state index is 0.657. The van der Waals surface area contributed by atoms with Crippen molar-refractivity contribution in [1.29, 1.82) is 0 Å². The zero-order chi connectivity index (χ0) is 13.9. The first-order valence-corrected chi connectivity index (χ1v) is 7.51. The van der Waals surface area contributed by atoms with Gasteiger partial charge in [0.05, 0.1) is 12.0 Å². The maximum atomic E-state index is 4.31. The Kier molecular flexibility index (Phi) is 3.88. The summed E-state index contributed by atoms with van der Waals surface area (Å²) in [5.41, 5.74) is 4.31. The molecule has 2 aromatic rings. The number of benzene rings is 1. The van der Waals surface area contributed by atoms with Crippen LogP contribution in [-0.2, 0) is 19.5 Å². The SMILES string of the molecule is CC(C)CNCc1cncn1CC1Cc2ccccc21. The van der Waals surface area contributed by atoms with Crippen LogP contribution in [0.15, 0.2) is 36.8 Å². The molecule has 1 aliphatic rings. The Morgan fingerprint density at radius 1 is 1.35 bits per heavy atom. The van der Waals surface area contributed by atoms with Gasteiger partial charge in [-0.3, -0.25) is 0 Å². The predicted octanol–water partition coefficient (Wildman–Crippen LogP) is 2.97. The Morgan fingerprint density at radius 3 is 3.00 bits per heavy atom. The average molecular weight is 269 g/mol. The molecule has 0 saturated heterocycles. The normalized spacial score (nSPS) is 17.1. The third-order valence-corrected chi connectivity index (χ3v) is 4.04. The summed E-state index contributed by atoms with van der Waals surface area (Å²) in [6.07, 6.45) is 5.15. The van der Waals surface area contributed by atoms with Crippen molar-refractivity contribution >= 4 is 0 Å². The second-order valence-electron chi connectivity index (χ2n) is 6.16. The molecule has 1 unspecified atom stereocenters. The van der Waals surface area contributed by atoms with E-state index >= 15 is 0 Å². The van der Waals surface area contributed by atoms with Crippen molar-refractivity contribution in [2.24, 2.45) is 5.92 Å². The maximum absolute atomic E-state index is 4.31. The van der Waals surface area contributed by atoms with E-state index in [1.54, 1.807) is 0 Å². The van der Waals surface area contributed by atoms with Gasteiger partial charge < -0.3 is 9.88 Å². The molecule has 1 heterocycles. The molecule has 0 aliphatic heterocycles. The molecule has 1 aliphatic carbocycles. The molecule has 3 heteroatoms. The van der Waals surface area contributed by atoms with Gasteiger partial charge in [0, 0.05) is 25.2 Å². The van der Waals surface area contributed by atoms with Gasteiger partial charge in [0.2, 0.25) is 0 Å². The lowest BCUT2D eigenvalue weighted by Gasteiger charge is -2.30. The fraction of sp³-hybridized carbons (Fsp3) is 0.471. The van der Waals surface area contributed by atoms with Crippen LogP contribution >= 0.6 is 0 Å². The molecule has 0 spiro atoms. The van der Waals surface area contributed by atoms with Crippen LogP contribution < -0.4 is 5.32 Å². The second kappa shape index (κ2) is 5.80. The van der Waals surface area contributed by atoms with Crippen molar-refractivity contribution < 1.29 is 0 Å². The number of nitrogens with zero attached hydrogens (tertiary/aromatic N) is 2. The van der Waals surface area contributed by atoms with E-state index in [-0.39, 0.29) is 0 Å². The van der Waals surface area contributed by atoms with E-state index in [1.807, 2.05) is 12.5 Å². The van der Waals surface area contributed by atoms with Crippen LogP contribution in [0.3, 0.4) is 0 Å². The van der Waals surface area contributed by atoms with Gasteiger partial charge in [-0.25, -0.2) is 4.98 Å². The van der Waals surface area contributed by atoms with Crippen LogP contribution in [0.2, 0.25) is 0 Å². The topological polar surface area (TPSA) is 29.9 Å². The summed E-state index contributed by atoms with van der Waals surface area (Å²) in [5, 5.41) is 3.50. The molecule has 1 N–H and O–H groups in total.